The van der Waals surface area contributed by atoms with Gasteiger partial charge in [0.25, 0.3) is 5.91 Å². The number of carbonyl (C=O) groups excluding carboxylic acids is 2. The molecular formula is C21H28ClN3O3. The van der Waals surface area contributed by atoms with Crippen LogP contribution in [0.5, 0.6) is 0 Å². The fourth-order valence-electron chi connectivity index (χ4n) is 4.96. The first-order valence-electron chi connectivity index (χ1n) is 10.3. The molecule has 0 bridgehead atoms. The van der Waals surface area contributed by atoms with Gasteiger partial charge in [0.15, 0.2) is 0 Å². The van der Waals surface area contributed by atoms with E-state index in [4.69, 9.17) is 16.3 Å². The van der Waals surface area contributed by atoms with Crippen molar-refractivity contribution in [3.63, 3.8) is 0 Å². The molecule has 1 aromatic rings. The van der Waals surface area contributed by atoms with Gasteiger partial charge in [-0.15, -0.1) is 0 Å². The van der Waals surface area contributed by atoms with Crippen LogP contribution in [0.2, 0.25) is 5.02 Å². The van der Waals surface area contributed by atoms with Crippen molar-refractivity contribution >= 4 is 23.5 Å². The number of nitrogens with one attached hydrogen (secondary N) is 2. The van der Waals surface area contributed by atoms with E-state index in [1.165, 1.54) is 0 Å². The number of ether oxygens (including phenoxy) is 1. The Morgan fingerprint density at radius 3 is 2.43 bits per heavy atom. The molecule has 3 aliphatic rings. The van der Waals surface area contributed by atoms with Crippen LogP contribution in [0.15, 0.2) is 24.3 Å². The molecule has 1 heterocycles. The Kier molecular flexibility index (Phi) is 5.78. The van der Waals surface area contributed by atoms with Crippen molar-refractivity contribution in [2.24, 2.45) is 17.8 Å². The van der Waals surface area contributed by atoms with Gasteiger partial charge in [-0.2, -0.15) is 0 Å². The standard InChI is InChI=1S/C21H28ClN3O3/c1-2-18(24-20(26)13-3-5-14(22)6-4-13)19-16-11-15(12-17(16)19)23-21(27)25-7-9-28-10-8-25/h3-6,15-19H,2,7-12H2,1H3,(H,23,27)(H,24,26)/t15-,16-,17+,18?,19+. The zero-order valence-corrected chi connectivity index (χ0v) is 17.0. The normalized spacial score (nSPS) is 29.7. The molecule has 0 aromatic heterocycles. The molecule has 1 unspecified atom stereocenters. The van der Waals surface area contributed by atoms with Gasteiger partial charge in [0, 0.05) is 35.8 Å². The van der Waals surface area contributed by atoms with E-state index in [9.17, 15) is 9.59 Å². The van der Waals surface area contributed by atoms with Gasteiger partial charge in [-0.25, -0.2) is 4.79 Å². The number of halogens is 1. The minimum Gasteiger partial charge on any atom is -0.378 e. The molecule has 5 atom stereocenters. The van der Waals surface area contributed by atoms with Gasteiger partial charge in [0.1, 0.15) is 0 Å². The van der Waals surface area contributed by atoms with Crippen LogP contribution < -0.4 is 10.6 Å². The lowest BCUT2D eigenvalue weighted by Gasteiger charge is -2.29. The predicted molar refractivity (Wildman–Crippen MR) is 107 cm³/mol. The van der Waals surface area contributed by atoms with E-state index in [0.717, 1.165) is 19.3 Å². The average Bonchev–Trinajstić information content (AvgIpc) is 3.20. The number of amides is 3. The number of hydrogen-bond acceptors (Lipinski definition) is 3. The molecule has 4 rings (SSSR count). The van der Waals surface area contributed by atoms with Crippen LogP contribution in [0, 0.1) is 17.8 Å². The molecule has 2 aliphatic carbocycles. The number of urea groups is 1. The fourth-order valence-corrected chi connectivity index (χ4v) is 5.09. The summed E-state index contributed by atoms with van der Waals surface area (Å²) in [6.07, 6.45) is 2.94. The summed E-state index contributed by atoms with van der Waals surface area (Å²) in [4.78, 5) is 26.7. The highest BCUT2D eigenvalue weighted by molar-refractivity contribution is 6.30. The molecular weight excluding hydrogens is 378 g/mol. The van der Waals surface area contributed by atoms with E-state index in [1.54, 1.807) is 24.3 Å². The third kappa shape index (κ3) is 4.13. The molecule has 7 heteroatoms. The number of carbonyl (C=O) groups is 2. The molecule has 3 fully saturated rings. The highest BCUT2D eigenvalue weighted by Gasteiger charge is 2.58. The molecule has 6 nitrogen and oxygen atoms in total. The molecule has 3 amide bonds. The summed E-state index contributed by atoms with van der Waals surface area (Å²) in [5.74, 6) is 1.69. The summed E-state index contributed by atoms with van der Waals surface area (Å²) in [7, 11) is 0. The van der Waals surface area contributed by atoms with Crippen LogP contribution in [0.25, 0.3) is 0 Å². The molecule has 0 spiro atoms. The van der Waals surface area contributed by atoms with E-state index >= 15 is 0 Å². The second-order valence-electron chi connectivity index (χ2n) is 8.12. The number of morpholine rings is 1. The van der Waals surface area contributed by atoms with Crippen molar-refractivity contribution in [1.29, 1.82) is 0 Å². The van der Waals surface area contributed by atoms with Gasteiger partial charge < -0.3 is 20.3 Å². The quantitative estimate of drug-likeness (QED) is 0.791. The predicted octanol–water partition coefficient (Wildman–Crippen LogP) is 2.91. The summed E-state index contributed by atoms with van der Waals surface area (Å²) in [5.41, 5.74) is 0.643. The summed E-state index contributed by atoms with van der Waals surface area (Å²) < 4.78 is 5.30. The molecule has 28 heavy (non-hydrogen) atoms. The van der Waals surface area contributed by atoms with Gasteiger partial charge in [0.05, 0.1) is 13.2 Å². The van der Waals surface area contributed by atoms with Crippen LogP contribution in [-0.4, -0.2) is 55.2 Å². The fraction of sp³-hybridized carbons (Fsp3) is 0.619. The number of fused-ring (bicyclic) bond motifs is 1. The average molecular weight is 406 g/mol. The zero-order chi connectivity index (χ0) is 19.7. The Morgan fingerprint density at radius 2 is 1.82 bits per heavy atom. The van der Waals surface area contributed by atoms with Crippen molar-refractivity contribution < 1.29 is 14.3 Å². The maximum absolute atomic E-state index is 12.5. The van der Waals surface area contributed by atoms with Crippen molar-refractivity contribution in [2.75, 3.05) is 26.3 Å². The van der Waals surface area contributed by atoms with Crippen LogP contribution in [0.1, 0.15) is 36.5 Å². The minimum absolute atomic E-state index is 0.0363. The van der Waals surface area contributed by atoms with Crippen LogP contribution in [0.4, 0.5) is 4.79 Å². The lowest BCUT2D eigenvalue weighted by Crippen LogP contribution is -2.49. The van der Waals surface area contributed by atoms with E-state index in [1.807, 2.05) is 4.90 Å². The van der Waals surface area contributed by atoms with Crippen LogP contribution in [0.3, 0.4) is 0 Å². The molecule has 2 saturated carbocycles. The maximum Gasteiger partial charge on any atom is 0.317 e. The number of rotatable bonds is 5. The molecule has 2 N–H and O–H groups in total. The monoisotopic (exact) mass is 405 g/mol. The Labute approximate surface area is 170 Å². The van der Waals surface area contributed by atoms with Crippen LogP contribution >= 0.6 is 11.6 Å². The Morgan fingerprint density at radius 1 is 1.18 bits per heavy atom. The number of benzene rings is 1. The van der Waals surface area contributed by atoms with Crippen molar-refractivity contribution in [3.05, 3.63) is 34.9 Å². The highest BCUT2D eigenvalue weighted by atomic mass is 35.5. The SMILES string of the molecule is CCC(NC(=O)c1ccc(Cl)cc1)[C@H]1[C@@H]2C[C@@H](NC(=O)N3CCOCC3)C[C@@H]21. The largest absolute Gasteiger partial charge is 0.378 e. The lowest BCUT2D eigenvalue weighted by atomic mass is 9.99. The Hall–Kier alpha value is -1.79. The minimum atomic E-state index is -0.0364. The van der Waals surface area contributed by atoms with Gasteiger partial charge >= 0.3 is 6.03 Å². The van der Waals surface area contributed by atoms with Gasteiger partial charge in [-0.1, -0.05) is 18.5 Å². The van der Waals surface area contributed by atoms with E-state index in [-0.39, 0.29) is 24.0 Å². The first kappa shape index (κ1) is 19.5. The summed E-state index contributed by atoms with van der Waals surface area (Å²) in [5, 5.41) is 7.03. The third-order valence-corrected chi connectivity index (χ3v) is 6.72. The smallest absolute Gasteiger partial charge is 0.317 e. The van der Waals surface area contributed by atoms with E-state index in [0.29, 0.717) is 54.6 Å². The van der Waals surface area contributed by atoms with Gasteiger partial charge in [-0.05, 0) is 61.3 Å². The maximum atomic E-state index is 12.5. The molecule has 0 radical (unpaired) electrons. The molecule has 1 saturated heterocycles. The van der Waals surface area contributed by atoms with Crippen molar-refractivity contribution in [3.8, 4) is 0 Å². The second kappa shape index (κ2) is 8.29. The Bertz CT molecular complexity index is 708. The van der Waals surface area contributed by atoms with Crippen molar-refractivity contribution in [2.45, 2.75) is 38.3 Å². The van der Waals surface area contributed by atoms with E-state index < -0.39 is 0 Å². The Balaban J connectivity index is 1.26. The first-order chi connectivity index (χ1) is 13.6. The molecule has 1 aliphatic heterocycles. The van der Waals surface area contributed by atoms with Gasteiger partial charge in [-0.3, -0.25) is 4.79 Å². The molecule has 152 valence electrons. The lowest BCUT2D eigenvalue weighted by molar-refractivity contribution is 0.0524. The number of nitrogens with zero attached hydrogens (tertiary/aromatic N) is 1. The van der Waals surface area contributed by atoms with Crippen molar-refractivity contribution in [1.82, 2.24) is 15.5 Å². The summed E-state index contributed by atoms with van der Waals surface area (Å²) in [6.45, 7) is 4.71. The molecule has 1 aromatic carbocycles. The van der Waals surface area contributed by atoms with Crippen LogP contribution in [-0.2, 0) is 4.74 Å². The highest BCUT2D eigenvalue weighted by Crippen LogP contribution is 2.59. The third-order valence-electron chi connectivity index (χ3n) is 6.46. The topological polar surface area (TPSA) is 70.7 Å². The first-order valence-corrected chi connectivity index (χ1v) is 10.6. The zero-order valence-electron chi connectivity index (χ0n) is 16.2. The van der Waals surface area contributed by atoms with Gasteiger partial charge in [0.2, 0.25) is 0 Å². The second-order valence-corrected chi connectivity index (χ2v) is 8.55. The summed E-state index contributed by atoms with van der Waals surface area (Å²) in [6, 6.07) is 7.48. The summed E-state index contributed by atoms with van der Waals surface area (Å²) >= 11 is 5.90. The van der Waals surface area contributed by atoms with E-state index in [2.05, 4.69) is 17.6 Å². The number of hydrogen-bond donors (Lipinski definition) is 2.